The summed E-state index contributed by atoms with van der Waals surface area (Å²) in [5, 5.41) is 16.2. The number of hydrogen-bond acceptors (Lipinski definition) is 6. The Balaban J connectivity index is 1.30. The fourth-order valence-corrected chi connectivity index (χ4v) is 6.46. The fourth-order valence-electron chi connectivity index (χ4n) is 6.46. The van der Waals surface area contributed by atoms with E-state index in [-0.39, 0.29) is 61.9 Å². The van der Waals surface area contributed by atoms with E-state index in [2.05, 4.69) is 11.9 Å². The van der Waals surface area contributed by atoms with Gasteiger partial charge in [-0.3, -0.25) is 19.2 Å². The summed E-state index contributed by atoms with van der Waals surface area (Å²) in [5.41, 5.74) is 3.12. The second-order valence-electron chi connectivity index (χ2n) is 12.6. The predicted octanol–water partition coefficient (Wildman–Crippen LogP) is 3.52. The van der Waals surface area contributed by atoms with Gasteiger partial charge in [0, 0.05) is 38.0 Å². The molecule has 4 amide bonds. The van der Waals surface area contributed by atoms with Crippen molar-refractivity contribution in [3.05, 3.63) is 114 Å². The van der Waals surface area contributed by atoms with Crippen molar-refractivity contribution in [1.29, 1.82) is 0 Å². The number of carbonyl (C=O) groups excluding carboxylic acids is 4. The SMILES string of the molecule is C=CCN1CC(=O)N2C(Cc3ccc(O)cc3)C(=O)N(Cc3cccc(C(=O)NCC4CC4)c3)C[C@@H]2N1C(=O)CCc1ccccc1. The maximum Gasteiger partial charge on any atom is 0.251 e. The van der Waals surface area contributed by atoms with Gasteiger partial charge in [-0.1, -0.05) is 60.7 Å². The monoisotopic (exact) mass is 635 g/mol. The number of aryl methyl sites for hydroxylation is 1. The van der Waals surface area contributed by atoms with E-state index >= 15 is 0 Å². The maximum atomic E-state index is 14.3. The number of hydrogen-bond donors (Lipinski definition) is 2. The second-order valence-corrected chi connectivity index (χ2v) is 12.6. The lowest BCUT2D eigenvalue weighted by Crippen LogP contribution is -2.75. The van der Waals surface area contributed by atoms with Crippen molar-refractivity contribution in [3.63, 3.8) is 0 Å². The standard InChI is InChI=1S/C37H41N5O5/c1-2-19-40-25-35(45)41-32(21-27-13-16-31(43)17-14-27)37(47)39(23-29-9-6-10-30(20-29)36(46)38-22-28-11-12-28)24-33(41)42(40)34(44)18-15-26-7-4-3-5-8-26/h2-10,13-14,16-17,20,28,32-33,43H,1,11-12,15,18-19,21-25H2,(H,38,46)/t32?,33-/m0/s1. The molecule has 2 saturated heterocycles. The first-order valence-electron chi connectivity index (χ1n) is 16.3. The number of hydrazine groups is 1. The van der Waals surface area contributed by atoms with Crippen LogP contribution in [0.25, 0.3) is 0 Å². The summed E-state index contributed by atoms with van der Waals surface area (Å²) in [6.45, 7) is 5.07. The Morgan fingerprint density at radius 3 is 2.40 bits per heavy atom. The van der Waals surface area contributed by atoms with Crippen molar-refractivity contribution >= 4 is 23.6 Å². The molecule has 0 bridgehead atoms. The molecule has 0 radical (unpaired) electrons. The van der Waals surface area contributed by atoms with Crippen LogP contribution in [-0.2, 0) is 33.8 Å². The first-order chi connectivity index (χ1) is 22.8. The smallest absolute Gasteiger partial charge is 0.251 e. The van der Waals surface area contributed by atoms with Crippen molar-refractivity contribution in [2.75, 3.05) is 26.2 Å². The summed E-state index contributed by atoms with van der Waals surface area (Å²) in [5.74, 6) is -0.110. The van der Waals surface area contributed by atoms with Crippen LogP contribution in [-0.4, -0.2) is 86.9 Å². The van der Waals surface area contributed by atoms with Gasteiger partial charge in [0.2, 0.25) is 17.7 Å². The highest BCUT2D eigenvalue weighted by molar-refractivity contribution is 5.94. The highest BCUT2D eigenvalue weighted by Crippen LogP contribution is 2.31. The van der Waals surface area contributed by atoms with Crippen LogP contribution in [0, 0.1) is 5.92 Å². The molecule has 2 heterocycles. The number of carbonyl (C=O) groups is 4. The molecule has 0 aromatic heterocycles. The van der Waals surface area contributed by atoms with E-state index in [0.29, 0.717) is 31.0 Å². The molecule has 6 rings (SSSR count). The molecule has 3 aliphatic rings. The van der Waals surface area contributed by atoms with E-state index in [9.17, 15) is 24.3 Å². The Morgan fingerprint density at radius 2 is 1.68 bits per heavy atom. The zero-order chi connectivity index (χ0) is 32.9. The normalized spacial score (nSPS) is 19.8. The van der Waals surface area contributed by atoms with Gasteiger partial charge in [-0.2, -0.15) is 0 Å². The van der Waals surface area contributed by atoms with Gasteiger partial charge < -0.3 is 20.2 Å². The van der Waals surface area contributed by atoms with Crippen LogP contribution in [0.3, 0.4) is 0 Å². The van der Waals surface area contributed by atoms with Crippen molar-refractivity contribution in [2.45, 2.75) is 50.9 Å². The topological polar surface area (TPSA) is 114 Å². The van der Waals surface area contributed by atoms with Gasteiger partial charge in [0.05, 0.1) is 13.1 Å². The summed E-state index contributed by atoms with van der Waals surface area (Å²) in [6, 6.07) is 22.8. The molecule has 2 atom stereocenters. The number of nitrogens with one attached hydrogen (secondary N) is 1. The highest BCUT2D eigenvalue weighted by Gasteiger charge is 2.51. The zero-order valence-corrected chi connectivity index (χ0v) is 26.5. The summed E-state index contributed by atoms with van der Waals surface area (Å²) in [6.07, 6.45) is 4.19. The number of benzene rings is 3. The van der Waals surface area contributed by atoms with Gasteiger partial charge in [0.25, 0.3) is 5.91 Å². The Kier molecular flexibility index (Phi) is 9.68. The molecule has 47 heavy (non-hydrogen) atoms. The molecule has 2 N–H and O–H groups in total. The Morgan fingerprint density at radius 1 is 0.936 bits per heavy atom. The lowest BCUT2D eigenvalue weighted by Gasteiger charge is -2.55. The average molecular weight is 636 g/mol. The van der Waals surface area contributed by atoms with E-state index in [1.165, 1.54) is 0 Å². The largest absolute Gasteiger partial charge is 0.508 e. The van der Waals surface area contributed by atoms with Crippen molar-refractivity contribution in [1.82, 2.24) is 25.1 Å². The summed E-state index contributed by atoms with van der Waals surface area (Å²) >= 11 is 0. The van der Waals surface area contributed by atoms with Crippen LogP contribution in [0.2, 0.25) is 0 Å². The number of phenolic OH excluding ortho intramolecular Hbond substituents is 1. The minimum Gasteiger partial charge on any atom is -0.508 e. The third-order valence-electron chi connectivity index (χ3n) is 9.07. The average Bonchev–Trinajstić information content (AvgIpc) is 3.91. The predicted molar refractivity (Wildman–Crippen MR) is 177 cm³/mol. The molecule has 3 aromatic carbocycles. The molecule has 10 nitrogen and oxygen atoms in total. The quantitative estimate of drug-likeness (QED) is 0.295. The Labute approximate surface area is 275 Å². The first-order valence-corrected chi connectivity index (χ1v) is 16.3. The van der Waals surface area contributed by atoms with Gasteiger partial charge in [-0.15, -0.1) is 6.58 Å². The molecule has 0 spiro atoms. The van der Waals surface area contributed by atoms with Crippen LogP contribution in [0.4, 0.5) is 0 Å². The van der Waals surface area contributed by atoms with Crippen LogP contribution in [0.1, 0.15) is 46.3 Å². The Hall–Kier alpha value is -4.96. The summed E-state index contributed by atoms with van der Waals surface area (Å²) in [7, 11) is 0. The number of nitrogens with zero attached hydrogens (tertiary/aromatic N) is 4. The Bertz CT molecular complexity index is 1620. The zero-order valence-electron chi connectivity index (χ0n) is 26.5. The van der Waals surface area contributed by atoms with Crippen molar-refractivity contribution in [2.24, 2.45) is 5.92 Å². The molecule has 3 aromatic rings. The van der Waals surface area contributed by atoms with Gasteiger partial charge >= 0.3 is 0 Å². The molecule has 1 saturated carbocycles. The van der Waals surface area contributed by atoms with Crippen LogP contribution >= 0.6 is 0 Å². The fraction of sp³-hybridized carbons (Fsp3) is 0.351. The van der Waals surface area contributed by atoms with E-state index in [1.54, 1.807) is 62.3 Å². The minimum absolute atomic E-state index is 0.0586. The summed E-state index contributed by atoms with van der Waals surface area (Å²) < 4.78 is 0. The molecule has 244 valence electrons. The van der Waals surface area contributed by atoms with Gasteiger partial charge in [0.1, 0.15) is 18.0 Å². The molecule has 10 heteroatoms. The van der Waals surface area contributed by atoms with E-state index < -0.39 is 12.2 Å². The number of phenols is 1. The molecular formula is C37H41N5O5. The van der Waals surface area contributed by atoms with Crippen LogP contribution in [0.5, 0.6) is 5.75 Å². The molecule has 1 aliphatic carbocycles. The second kappa shape index (κ2) is 14.2. The minimum atomic E-state index is -0.869. The lowest BCUT2D eigenvalue weighted by atomic mass is 9.97. The van der Waals surface area contributed by atoms with E-state index in [4.69, 9.17) is 0 Å². The number of rotatable bonds is 12. The number of aromatic hydroxyl groups is 1. The maximum absolute atomic E-state index is 14.3. The van der Waals surface area contributed by atoms with Crippen LogP contribution in [0.15, 0.2) is 91.5 Å². The number of piperazine rings is 1. The van der Waals surface area contributed by atoms with Crippen molar-refractivity contribution in [3.8, 4) is 5.75 Å². The van der Waals surface area contributed by atoms with Gasteiger partial charge in [-0.05, 0) is 66.1 Å². The third kappa shape index (κ3) is 7.55. The highest BCUT2D eigenvalue weighted by atomic mass is 16.3. The molecule has 3 fully saturated rings. The molecular weight excluding hydrogens is 594 g/mol. The molecule has 1 unspecified atom stereocenters. The molecule has 2 aliphatic heterocycles. The number of fused-ring (bicyclic) bond motifs is 1. The van der Waals surface area contributed by atoms with E-state index in [1.807, 2.05) is 42.5 Å². The van der Waals surface area contributed by atoms with Crippen molar-refractivity contribution < 1.29 is 24.3 Å². The third-order valence-corrected chi connectivity index (χ3v) is 9.07. The van der Waals surface area contributed by atoms with E-state index in [0.717, 1.165) is 29.5 Å². The van der Waals surface area contributed by atoms with Gasteiger partial charge in [-0.25, -0.2) is 10.0 Å². The lowest BCUT2D eigenvalue weighted by molar-refractivity contribution is -0.205. The van der Waals surface area contributed by atoms with Crippen LogP contribution < -0.4 is 5.32 Å². The number of amides is 4. The van der Waals surface area contributed by atoms with Gasteiger partial charge in [0.15, 0.2) is 0 Å². The first kappa shape index (κ1) is 32.0. The summed E-state index contributed by atoms with van der Waals surface area (Å²) in [4.78, 5) is 58.2.